The molecule has 1 fully saturated rings. The number of nitrogens with zero attached hydrogens (tertiary/aromatic N) is 1. The highest BCUT2D eigenvalue weighted by Crippen LogP contribution is 2.29. The summed E-state index contributed by atoms with van der Waals surface area (Å²) in [5, 5.41) is 13.4. The van der Waals surface area contributed by atoms with Crippen LogP contribution in [0.4, 0.5) is 10.5 Å². The van der Waals surface area contributed by atoms with Gasteiger partial charge in [0.05, 0.1) is 6.04 Å². The number of likely N-dealkylation sites (tertiary alicyclic amines) is 1. The molecule has 1 saturated heterocycles. The quantitative estimate of drug-likeness (QED) is 0.889. The lowest BCUT2D eigenvalue weighted by Crippen LogP contribution is -2.42. The third-order valence-electron chi connectivity index (χ3n) is 4.17. The zero-order valence-electron chi connectivity index (χ0n) is 14.8. The second-order valence-electron chi connectivity index (χ2n) is 7.25. The molecule has 0 aromatic heterocycles. The molecule has 5 heteroatoms. The van der Waals surface area contributed by atoms with E-state index >= 15 is 0 Å². The fraction of sp³-hybridized carbons (Fsp3) is 0.611. The number of rotatable bonds is 3. The van der Waals surface area contributed by atoms with Crippen molar-refractivity contribution >= 4 is 11.8 Å². The van der Waals surface area contributed by atoms with Crippen molar-refractivity contribution in [3.63, 3.8) is 0 Å². The van der Waals surface area contributed by atoms with Gasteiger partial charge in [0.1, 0.15) is 11.4 Å². The highest BCUT2D eigenvalue weighted by molar-refractivity contribution is 5.69. The molecule has 2 rings (SSSR count). The molecule has 1 aliphatic rings. The van der Waals surface area contributed by atoms with Crippen LogP contribution >= 0.6 is 0 Å². The van der Waals surface area contributed by atoms with E-state index in [0.29, 0.717) is 12.3 Å². The van der Waals surface area contributed by atoms with Crippen LogP contribution in [0.1, 0.15) is 44.7 Å². The second-order valence-corrected chi connectivity index (χ2v) is 7.25. The third kappa shape index (κ3) is 4.30. The number of benzene rings is 1. The van der Waals surface area contributed by atoms with Crippen LogP contribution in [-0.4, -0.2) is 40.8 Å². The van der Waals surface area contributed by atoms with E-state index in [9.17, 15) is 9.90 Å². The molecule has 23 heavy (non-hydrogen) atoms. The number of hydrogen-bond donors (Lipinski definition) is 2. The Morgan fingerprint density at radius 3 is 2.74 bits per heavy atom. The molecule has 1 aliphatic heterocycles. The smallest absolute Gasteiger partial charge is 0.410 e. The van der Waals surface area contributed by atoms with Crippen LogP contribution in [0.15, 0.2) is 12.1 Å². The molecule has 0 saturated carbocycles. The van der Waals surface area contributed by atoms with Gasteiger partial charge in [0.15, 0.2) is 0 Å². The minimum absolute atomic E-state index is 0.118. The van der Waals surface area contributed by atoms with Gasteiger partial charge in [-0.1, -0.05) is 6.07 Å². The van der Waals surface area contributed by atoms with E-state index in [2.05, 4.69) is 5.32 Å². The number of aryl methyl sites for hydroxylation is 1. The number of hydrogen-bond acceptors (Lipinski definition) is 4. The van der Waals surface area contributed by atoms with Gasteiger partial charge in [-0.2, -0.15) is 0 Å². The van der Waals surface area contributed by atoms with Gasteiger partial charge in [-0.3, -0.25) is 0 Å². The van der Waals surface area contributed by atoms with Gasteiger partial charge in [0.25, 0.3) is 0 Å². The maximum absolute atomic E-state index is 12.3. The first-order valence-corrected chi connectivity index (χ1v) is 8.21. The predicted octanol–water partition coefficient (Wildman–Crippen LogP) is 3.82. The number of phenolic OH excluding ortho intramolecular Hbond substituents is 1. The standard InChI is InChI=1S/C18H28N2O3/c1-12-8-9-15(13(2)16(12)21)19-11-14-7-6-10-20(14)17(22)23-18(3,4)5/h8-9,14,19,21H,6-7,10-11H2,1-5H3. The Hall–Kier alpha value is -1.91. The molecule has 0 bridgehead atoms. The Morgan fingerprint density at radius 2 is 2.09 bits per heavy atom. The van der Waals surface area contributed by atoms with E-state index in [1.807, 2.05) is 51.7 Å². The van der Waals surface area contributed by atoms with E-state index < -0.39 is 5.60 Å². The van der Waals surface area contributed by atoms with Crippen LogP contribution in [0.2, 0.25) is 0 Å². The molecule has 0 aliphatic carbocycles. The summed E-state index contributed by atoms with van der Waals surface area (Å²) in [4.78, 5) is 14.1. The average Bonchev–Trinajstić information content (AvgIpc) is 2.91. The van der Waals surface area contributed by atoms with Gasteiger partial charge in [-0.25, -0.2) is 4.79 Å². The largest absolute Gasteiger partial charge is 0.507 e. The van der Waals surface area contributed by atoms with Crippen LogP contribution in [0.5, 0.6) is 5.75 Å². The van der Waals surface area contributed by atoms with Crippen molar-refractivity contribution in [2.75, 3.05) is 18.4 Å². The first kappa shape index (κ1) is 17.4. The summed E-state index contributed by atoms with van der Waals surface area (Å²) < 4.78 is 5.48. The van der Waals surface area contributed by atoms with Crippen LogP contribution in [0.3, 0.4) is 0 Å². The van der Waals surface area contributed by atoms with Crippen molar-refractivity contribution in [3.05, 3.63) is 23.3 Å². The highest BCUT2D eigenvalue weighted by Gasteiger charge is 2.32. The zero-order valence-corrected chi connectivity index (χ0v) is 14.8. The van der Waals surface area contributed by atoms with Gasteiger partial charge < -0.3 is 20.1 Å². The summed E-state index contributed by atoms with van der Waals surface area (Å²) in [6.45, 7) is 10.8. The van der Waals surface area contributed by atoms with Gasteiger partial charge in [-0.15, -0.1) is 0 Å². The molecule has 1 unspecified atom stereocenters. The van der Waals surface area contributed by atoms with Crippen molar-refractivity contribution in [2.24, 2.45) is 0 Å². The maximum atomic E-state index is 12.3. The molecule has 1 aromatic carbocycles. The normalized spacial score (nSPS) is 18.1. The van der Waals surface area contributed by atoms with Crippen LogP contribution in [0.25, 0.3) is 0 Å². The topological polar surface area (TPSA) is 61.8 Å². The lowest BCUT2D eigenvalue weighted by molar-refractivity contribution is 0.0235. The molecule has 0 radical (unpaired) electrons. The fourth-order valence-corrected chi connectivity index (χ4v) is 2.86. The van der Waals surface area contributed by atoms with Crippen molar-refractivity contribution < 1.29 is 14.6 Å². The predicted molar refractivity (Wildman–Crippen MR) is 92.0 cm³/mol. The van der Waals surface area contributed by atoms with Gasteiger partial charge in [0, 0.05) is 24.3 Å². The minimum Gasteiger partial charge on any atom is -0.507 e. The summed E-state index contributed by atoms with van der Waals surface area (Å²) in [5.74, 6) is 0.324. The van der Waals surface area contributed by atoms with Crippen molar-refractivity contribution in [1.82, 2.24) is 4.90 Å². The first-order valence-electron chi connectivity index (χ1n) is 8.21. The Labute approximate surface area is 138 Å². The van der Waals surface area contributed by atoms with Crippen molar-refractivity contribution in [1.29, 1.82) is 0 Å². The summed E-state index contributed by atoms with van der Waals surface area (Å²) in [6, 6.07) is 3.98. The highest BCUT2D eigenvalue weighted by atomic mass is 16.6. The Bertz CT molecular complexity index is 578. The first-order chi connectivity index (χ1) is 10.7. The molecule has 1 atom stereocenters. The Balaban J connectivity index is 2.00. The lowest BCUT2D eigenvalue weighted by Gasteiger charge is -2.29. The Morgan fingerprint density at radius 1 is 1.39 bits per heavy atom. The summed E-state index contributed by atoms with van der Waals surface area (Å²) in [5.41, 5.74) is 2.14. The Kier molecular flexibility index (Phi) is 5.07. The number of phenols is 1. The lowest BCUT2D eigenvalue weighted by atomic mass is 10.1. The third-order valence-corrected chi connectivity index (χ3v) is 4.17. The second kappa shape index (κ2) is 6.69. The molecule has 0 spiro atoms. The van der Waals surface area contributed by atoms with Crippen LogP contribution in [-0.2, 0) is 4.74 Å². The number of aromatic hydroxyl groups is 1. The van der Waals surface area contributed by atoms with Gasteiger partial charge >= 0.3 is 6.09 Å². The fourth-order valence-electron chi connectivity index (χ4n) is 2.86. The molecule has 1 heterocycles. The van der Waals surface area contributed by atoms with E-state index in [1.54, 1.807) is 0 Å². The van der Waals surface area contributed by atoms with E-state index in [4.69, 9.17) is 4.74 Å². The van der Waals surface area contributed by atoms with Crippen molar-refractivity contribution in [3.8, 4) is 5.75 Å². The molecule has 5 nitrogen and oxygen atoms in total. The van der Waals surface area contributed by atoms with Crippen LogP contribution in [0, 0.1) is 13.8 Å². The summed E-state index contributed by atoms with van der Waals surface area (Å²) in [7, 11) is 0. The van der Waals surface area contributed by atoms with Crippen LogP contribution < -0.4 is 5.32 Å². The summed E-state index contributed by atoms with van der Waals surface area (Å²) in [6.07, 6.45) is 1.71. The van der Waals surface area contributed by atoms with Crippen molar-refractivity contribution in [2.45, 2.75) is 59.1 Å². The molecular weight excluding hydrogens is 292 g/mol. The number of carbonyl (C=O) groups is 1. The zero-order chi connectivity index (χ0) is 17.2. The maximum Gasteiger partial charge on any atom is 0.410 e. The van der Waals surface area contributed by atoms with E-state index in [0.717, 1.165) is 36.2 Å². The van der Waals surface area contributed by atoms with Gasteiger partial charge in [-0.05, 0) is 59.1 Å². The van der Waals surface area contributed by atoms with Gasteiger partial charge in [0.2, 0.25) is 0 Å². The average molecular weight is 320 g/mol. The summed E-state index contributed by atoms with van der Waals surface area (Å²) >= 11 is 0. The monoisotopic (exact) mass is 320 g/mol. The number of amides is 1. The number of nitrogens with one attached hydrogen (secondary N) is 1. The number of anilines is 1. The molecule has 1 amide bonds. The molecule has 128 valence electrons. The number of ether oxygens (including phenoxy) is 1. The minimum atomic E-state index is -0.475. The number of carbonyl (C=O) groups excluding carboxylic acids is 1. The SMILES string of the molecule is Cc1ccc(NCC2CCCN2C(=O)OC(C)(C)C)c(C)c1O. The molecule has 2 N–H and O–H groups in total. The van der Waals surface area contributed by atoms with E-state index in [1.165, 1.54) is 0 Å². The molecular formula is C18H28N2O3. The van der Waals surface area contributed by atoms with E-state index in [-0.39, 0.29) is 12.1 Å². The molecule has 1 aromatic rings.